The number of nitrogens with one attached hydrogen (secondary N) is 1. The van der Waals surface area contributed by atoms with E-state index >= 15 is 0 Å². The van der Waals surface area contributed by atoms with Crippen LogP contribution in [0, 0.1) is 0 Å². The molecule has 1 N–H and O–H groups in total. The van der Waals surface area contributed by atoms with Gasteiger partial charge in [-0.05, 0) is 30.7 Å². The van der Waals surface area contributed by atoms with Crippen LogP contribution < -0.4 is 10.2 Å². The molecule has 0 radical (unpaired) electrons. The van der Waals surface area contributed by atoms with E-state index in [1.807, 2.05) is 31.1 Å². The number of anilines is 1. The zero-order valence-corrected chi connectivity index (χ0v) is 14.7. The van der Waals surface area contributed by atoms with Gasteiger partial charge >= 0.3 is 0 Å². The van der Waals surface area contributed by atoms with E-state index in [-0.39, 0.29) is 0 Å². The number of sulfonamides is 1. The van der Waals surface area contributed by atoms with Crippen molar-refractivity contribution in [1.82, 2.24) is 14.5 Å². The van der Waals surface area contributed by atoms with Gasteiger partial charge in [0.15, 0.2) is 0 Å². The molecule has 0 bridgehead atoms. The molecular formula is C16H26N4O2S. The van der Waals surface area contributed by atoms with Gasteiger partial charge in [-0.15, -0.1) is 0 Å². The van der Waals surface area contributed by atoms with Crippen LogP contribution in [0.5, 0.6) is 0 Å². The molecule has 0 amide bonds. The second-order valence-corrected chi connectivity index (χ2v) is 8.42. The average molecular weight is 338 g/mol. The van der Waals surface area contributed by atoms with Gasteiger partial charge in [-0.3, -0.25) is 4.90 Å². The summed E-state index contributed by atoms with van der Waals surface area (Å²) >= 11 is 0. The third kappa shape index (κ3) is 3.52. The Hall–Kier alpha value is -1.15. The molecule has 128 valence electrons. The Balaban J connectivity index is 1.70. The maximum Gasteiger partial charge on any atom is 0.243 e. The maximum absolute atomic E-state index is 12.8. The summed E-state index contributed by atoms with van der Waals surface area (Å²) in [6.07, 6.45) is 0.926. The molecule has 1 unspecified atom stereocenters. The summed E-state index contributed by atoms with van der Waals surface area (Å²) < 4.78 is 27.3. The van der Waals surface area contributed by atoms with Crippen LogP contribution in [0.1, 0.15) is 6.42 Å². The molecule has 2 fully saturated rings. The summed E-state index contributed by atoms with van der Waals surface area (Å²) in [6.45, 7) is 5.24. The van der Waals surface area contributed by atoms with Crippen molar-refractivity contribution in [1.29, 1.82) is 0 Å². The molecule has 1 atom stereocenters. The first-order chi connectivity index (χ1) is 11.0. The van der Waals surface area contributed by atoms with Crippen molar-refractivity contribution in [3.8, 4) is 0 Å². The van der Waals surface area contributed by atoms with Crippen LogP contribution in [0.2, 0.25) is 0 Å². The first kappa shape index (κ1) is 16.7. The molecule has 2 aliphatic rings. The Morgan fingerprint density at radius 1 is 1.09 bits per heavy atom. The topological polar surface area (TPSA) is 55.9 Å². The van der Waals surface area contributed by atoms with Crippen molar-refractivity contribution in [2.45, 2.75) is 17.4 Å². The minimum absolute atomic E-state index is 0.355. The highest BCUT2D eigenvalue weighted by Crippen LogP contribution is 2.25. The normalized spacial score (nSPS) is 24.0. The second kappa shape index (κ2) is 6.76. The number of benzene rings is 1. The average Bonchev–Trinajstić information content (AvgIpc) is 3.06. The molecule has 1 aromatic rings. The molecule has 0 spiro atoms. The van der Waals surface area contributed by atoms with Gasteiger partial charge in [-0.2, -0.15) is 4.31 Å². The molecule has 6 nitrogen and oxygen atoms in total. The quantitative estimate of drug-likeness (QED) is 0.862. The molecule has 3 rings (SSSR count). The fraction of sp³-hybridized carbons (Fsp3) is 0.625. The van der Waals surface area contributed by atoms with Crippen molar-refractivity contribution in [2.75, 3.05) is 58.3 Å². The fourth-order valence-corrected chi connectivity index (χ4v) is 4.83. The smallest absolute Gasteiger partial charge is 0.243 e. The van der Waals surface area contributed by atoms with Crippen molar-refractivity contribution >= 4 is 15.7 Å². The maximum atomic E-state index is 12.8. The van der Waals surface area contributed by atoms with Crippen LogP contribution in [0.3, 0.4) is 0 Å². The van der Waals surface area contributed by atoms with Gasteiger partial charge < -0.3 is 10.2 Å². The summed E-state index contributed by atoms with van der Waals surface area (Å²) in [5.41, 5.74) is 1.00. The molecular weight excluding hydrogens is 312 g/mol. The molecule has 7 heteroatoms. The molecule has 0 aliphatic carbocycles. The lowest BCUT2D eigenvalue weighted by Gasteiger charge is -2.32. The molecule has 2 aliphatic heterocycles. The van der Waals surface area contributed by atoms with Gasteiger partial charge in [0.1, 0.15) is 0 Å². The SMILES string of the molecule is CN(C)c1ccc(S(=O)(=O)N2CCC(N3CCNCC3)C2)cc1. The lowest BCUT2D eigenvalue weighted by Crippen LogP contribution is -2.49. The highest BCUT2D eigenvalue weighted by atomic mass is 32.2. The van der Waals surface area contributed by atoms with Gasteiger partial charge in [0.25, 0.3) is 0 Å². The van der Waals surface area contributed by atoms with Crippen LogP contribution >= 0.6 is 0 Å². The number of hydrogen-bond donors (Lipinski definition) is 1. The van der Waals surface area contributed by atoms with E-state index < -0.39 is 10.0 Å². The highest BCUT2D eigenvalue weighted by molar-refractivity contribution is 7.89. The standard InChI is InChI=1S/C16H26N4O2S/c1-18(2)14-3-5-16(6-4-14)23(21,22)20-10-7-15(13-20)19-11-8-17-9-12-19/h3-6,15,17H,7-13H2,1-2H3. The Morgan fingerprint density at radius 3 is 2.35 bits per heavy atom. The van der Waals surface area contributed by atoms with E-state index in [1.54, 1.807) is 16.4 Å². The van der Waals surface area contributed by atoms with Crippen molar-refractivity contribution in [3.63, 3.8) is 0 Å². The zero-order chi connectivity index (χ0) is 16.4. The third-order valence-electron chi connectivity index (χ3n) is 4.78. The van der Waals surface area contributed by atoms with Crippen LogP contribution in [-0.2, 0) is 10.0 Å². The van der Waals surface area contributed by atoms with Crippen LogP contribution in [0.15, 0.2) is 29.2 Å². The second-order valence-electron chi connectivity index (χ2n) is 6.48. The van der Waals surface area contributed by atoms with E-state index in [2.05, 4.69) is 10.2 Å². The monoisotopic (exact) mass is 338 g/mol. The Kier molecular flexibility index (Phi) is 4.91. The van der Waals surface area contributed by atoms with Gasteiger partial charge in [0.2, 0.25) is 10.0 Å². The van der Waals surface area contributed by atoms with Gasteiger partial charge in [0, 0.05) is 65.1 Å². The largest absolute Gasteiger partial charge is 0.378 e. The first-order valence-electron chi connectivity index (χ1n) is 8.21. The predicted molar refractivity (Wildman–Crippen MR) is 92.4 cm³/mol. The summed E-state index contributed by atoms with van der Waals surface area (Å²) in [6, 6.07) is 7.49. The van der Waals surface area contributed by atoms with Gasteiger partial charge in [-0.25, -0.2) is 8.42 Å². The molecule has 0 saturated carbocycles. The fourth-order valence-electron chi connectivity index (χ4n) is 3.34. The van der Waals surface area contributed by atoms with E-state index in [0.29, 0.717) is 24.0 Å². The first-order valence-corrected chi connectivity index (χ1v) is 9.65. The lowest BCUT2D eigenvalue weighted by molar-refractivity contribution is 0.179. The Labute approximate surface area is 139 Å². The molecule has 2 heterocycles. The number of hydrogen-bond acceptors (Lipinski definition) is 5. The lowest BCUT2D eigenvalue weighted by atomic mass is 10.2. The van der Waals surface area contributed by atoms with Crippen molar-refractivity contribution < 1.29 is 8.42 Å². The van der Waals surface area contributed by atoms with E-state index in [0.717, 1.165) is 38.3 Å². The number of nitrogens with zero attached hydrogens (tertiary/aromatic N) is 3. The van der Waals surface area contributed by atoms with E-state index in [9.17, 15) is 8.42 Å². The third-order valence-corrected chi connectivity index (χ3v) is 6.66. The van der Waals surface area contributed by atoms with Crippen LogP contribution in [0.25, 0.3) is 0 Å². The van der Waals surface area contributed by atoms with Crippen molar-refractivity contribution in [2.24, 2.45) is 0 Å². The minimum Gasteiger partial charge on any atom is -0.378 e. The molecule has 2 saturated heterocycles. The summed E-state index contributed by atoms with van der Waals surface area (Å²) in [4.78, 5) is 4.78. The minimum atomic E-state index is -3.38. The Morgan fingerprint density at radius 2 is 1.74 bits per heavy atom. The number of piperazine rings is 1. The summed E-state index contributed by atoms with van der Waals surface area (Å²) in [7, 11) is 0.513. The van der Waals surface area contributed by atoms with Crippen LogP contribution in [0.4, 0.5) is 5.69 Å². The molecule has 23 heavy (non-hydrogen) atoms. The molecule has 0 aromatic heterocycles. The zero-order valence-electron chi connectivity index (χ0n) is 13.9. The predicted octanol–water partition coefficient (Wildman–Crippen LogP) is 0.421. The summed E-state index contributed by atoms with van der Waals surface area (Å²) in [5.74, 6) is 0. The van der Waals surface area contributed by atoms with E-state index in [1.165, 1.54) is 0 Å². The summed E-state index contributed by atoms with van der Waals surface area (Å²) in [5, 5.41) is 3.34. The van der Waals surface area contributed by atoms with Crippen LogP contribution in [-0.4, -0.2) is 77.0 Å². The van der Waals surface area contributed by atoms with Crippen molar-refractivity contribution in [3.05, 3.63) is 24.3 Å². The van der Waals surface area contributed by atoms with Gasteiger partial charge in [0.05, 0.1) is 4.90 Å². The molecule has 1 aromatic carbocycles. The van der Waals surface area contributed by atoms with Gasteiger partial charge in [-0.1, -0.05) is 0 Å². The number of rotatable bonds is 4. The van der Waals surface area contributed by atoms with E-state index in [4.69, 9.17) is 0 Å². The highest BCUT2D eigenvalue weighted by Gasteiger charge is 2.35. The Bertz CT molecular complexity index is 624.